The van der Waals surface area contributed by atoms with Crippen molar-refractivity contribution in [3.8, 4) is 0 Å². The van der Waals surface area contributed by atoms with Gasteiger partial charge in [0.2, 0.25) is 0 Å². The van der Waals surface area contributed by atoms with Crippen LogP contribution in [0.1, 0.15) is 85.5 Å². The number of fused-ring (bicyclic) bond motifs is 4. The lowest BCUT2D eigenvalue weighted by Gasteiger charge is -2.54. The van der Waals surface area contributed by atoms with E-state index in [2.05, 4.69) is 40.3 Å². The van der Waals surface area contributed by atoms with Gasteiger partial charge < -0.3 is 0 Å². The molecule has 2 spiro atoms. The molecule has 4 saturated carbocycles. The maximum atomic E-state index is 4.55. The van der Waals surface area contributed by atoms with Crippen LogP contribution in [-0.2, 0) is 0 Å². The van der Waals surface area contributed by atoms with Crippen molar-refractivity contribution in [1.29, 1.82) is 0 Å². The zero-order chi connectivity index (χ0) is 17.0. The van der Waals surface area contributed by atoms with Crippen molar-refractivity contribution in [3.05, 3.63) is 23.8 Å². The van der Waals surface area contributed by atoms with Crippen LogP contribution < -0.4 is 0 Å². The predicted octanol–water partition coefficient (Wildman–Crippen LogP) is 6.92. The molecule has 5 unspecified atom stereocenters. The number of rotatable bonds is 0. The molecule has 5 aliphatic rings. The Morgan fingerprint density at radius 1 is 1.00 bits per heavy atom. The first-order valence-corrected chi connectivity index (χ1v) is 10.7. The van der Waals surface area contributed by atoms with Gasteiger partial charge in [0.1, 0.15) is 0 Å². The van der Waals surface area contributed by atoms with Crippen molar-refractivity contribution in [2.24, 2.45) is 39.4 Å². The minimum atomic E-state index is 0.442. The Balaban J connectivity index is 1.59. The molecule has 0 nitrogen and oxygen atoms in total. The fourth-order valence-corrected chi connectivity index (χ4v) is 8.66. The van der Waals surface area contributed by atoms with Crippen molar-refractivity contribution < 1.29 is 0 Å². The Bertz CT molecular complexity index is 628. The van der Waals surface area contributed by atoms with E-state index in [-0.39, 0.29) is 0 Å². The van der Waals surface area contributed by atoms with Crippen molar-refractivity contribution in [1.82, 2.24) is 0 Å². The molecule has 0 radical (unpaired) electrons. The molecule has 132 valence electrons. The first kappa shape index (κ1) is 15.7. The minimum absolute atomic E-state index is 0.442. The van der Waals surface area contributed by atoms with E-state index >= 15 is 0 Å². The summed E-state index contributed by atoms with van der Waals surface area (Å²) in [6.07, 6.45) is 16.1. The summed E-state index contributed by atoms with van der Waals surface area (Å²) in [4.78, 5) is 0. The molecule has 24 heavy (non-hydrogen) atoms. The lowest BCUT2D eigenvalue weighted by atomic mass is 9.50. The molecule has 0 saturated heterocycles. The first-order valence-electron chi connectivity index (χ1n) is 10.7. The second kappa shape index (κ2) is 4.41. The highest BCUT2D eigenvalue weighted by molar-refractivity contribution is 5.47. The number of hydrogen-bond donors (Lipinski definition) is 0. The zero-order valence-corrected chi connectivity index (χ0v) is 16.4. The molecule has 0 aromatic rings. The first-order chi connectivity index (χ1) is 11.3. The Labute approximate surface area is 149 Å². The molecular weight excluding hydrogens is 288 g/mol. The summed E-state index contributed by atoms with van der Waals surface area (Å²) in [5, 5.41) is 0. The molecule has 5 rings (SSSR count). The molecule has 0 amide bonds. The van der Waals surface area contributed by atoms with Gasteiger partial charge >= 0.3 is 0 Å². The van der Waals surface area contributed by atoms with Crippen molar-refractivity contribution in [2.75, 3.05) is 0 Å². The Morgan fingerprint density at radius 2 is 1.71 bits per heavy atom. The number of allylic oxidation sites excluding steroid dienone is 3. The average molecular weight is 325 g/mol. The van der Waals surface area contributed by atoms with Crippen molar-refractivity contribution in [3.63, 3.8) is 0 Å². The molecular formula is C24H36. The summed E-state index contributed by atoms with van der Waals surface area (Å²) in [5.41, 5.74) is 5.52. The van der Waals surface area contributed by atoms with Gasteiger partial charge in [-0.2, -0.15) is 0 Å². The van der Waals surface area contributed by atoms with E-state index in [1.165, 1.54) is 63.4 Å². The van der Waals surface area contributed by atoms with Crippen LogP contribution in [-0.4, -0.2) is 0 Å². The van der Waals surface area contributed by atoms with Crippen LogP contribution in [0.3, 0.4) is 0 Å². The van der Waals surface area contributed by atoms with E-state index in [0.29, 0.717) is 16.2 Å². The average Bonchev–Trinajstić information content (AvgIpc) is 2.90. The van der Waals surface area contributed by atoms with Gasteiger partial charge in [-0.25, -0.2) is 0 Å². The maximum Gasteiger partial charge on any atom is -0.00424 e. The van der Waals surface area contributed by atoms with E-state index < -0.39 is 0 Å². The molecule has 0 heteroatoms. The maximum absolute atomic E-state index is 4.55. The lowest BCUT2D eigenvalue weighted by Crippen LogP contribution is -2.45. The van der Waals surface area contributed by atoms with E-state index in [0.717, 1.165) is 23.2 Å². The molecule has 4 fully saturated rings. The topological polar surface area (TPSA) is 0 Å². The zero-order valence-electron chi connectivity index (χ0n) is 16.4. The van der Waals surface area contributed by atoms with E-state index in [4.69, 9.17) is 0 Å². The fourth-order valence-electron chi connectivity index (χ4n) is 8.66. The van der Waals surface area contributed by atoms with Gasteiger partial charge in [0.25, 0.3) is 0 Å². The van der Waals surface area contributed by atoms with Gasteiger partial charge in [0.05, 0.1) is 0 Å². The van der Waals surface area contributed by atoms with Gasteiger partial charge in [0.15, 0.2) is 0 Å². The molecule has 0 bridgehead atoms. The van der Waals surface area contributed by atoms with Crippen LogP contribution in [0, 0.1) is 39.4 Å². The summed E-state index contributed by atoms with van der Waals surface area (Å²) < 4.78 is 0. The van der Waals surface area contributed by atoms with Crippen LogP contribution in [0.4, 0.5) is 0 Å². The summed E-state index contributed by atoms with van der Waals surface area (Å²) in [6, 6.07) is 0. The molecule has 0 aromatic heterocycles. The second-order valence-corrected chi connectivity index (χ2v) is 11.3. The quantitative estimate of drug-likeness (QED) is 0.453. The molecule has 0 N–H and O–H groups in total. The summed E-state index contributed by atoms with van der Waals surface area (Å²) >= 11 is 0. The van der Waals surface area contributed by atoms with Crippen LogP contribution in [0.2, 0.25) is 0 Å². The largest absolute Gasteiger partial charge is 0.0955 e. The van der Waals surface area contributed by atoms with E-state index in [1.54, 1.807) is 0 Å². The Kier molecular flexibility index (Phi) is 2.89. The van der Waals surface area contributed by atoms with E-state index in [9.17, 15) is 0 Å². The number of hydrogen-bond acceptors (Lipinski definition) is 0. The molecule has 5 aliphatic carbocycles. The van der Waals surface area contributed by atoms with Gasteiger partial charge in [-0.1, -0.05) is 64.3 Å². The Morgan fingerprint density at radius 3 is 2.42 bits per heavy atom. The Hall–Kier alpha value is -0.520. The normalized spacial score (nSPS) is 50.8. The third-order valence-electron chi connectivity index (χ3n) is 9.95. The highest BCUT2D eigenvalue weighted by atomic mass is 14.8. The fraction of sp³-hybridized carbons (Fsp3) is 0.833. The standard InChI is InChI=1S/C24H36/c1-16-14-18-22(5,20-19(16)21(20,3)4)17(2)8-11-24(18)13-12-23(15-24)9-6-7-10-23/h14,17,19-20H,1,6-13,15H2,2-5H3. The smallest absolute Gasteiger partial charge is 0.00424 e. The van der Waals surface area contributed by atoms with Crippen molar-refractivity contribution >= 4 is 0 Å². The molecule has 0 aliphatic heterocycles. The van der Waals surface area contributed by atoms with Crippen LogP contribution >= 0.6 is 0 Å². The summed E-state index contributed by atoms with van der Waals surface area (Å²) in [7, 11) is 0. The van der Waals surface area contributed by atoms with Crippen LogP contribution in [0.5, 0.6) is 0 Å². The second-order valence-electron chi connectivity index (χ2n) is 11.3. The third-order valence-corrected chi connectivity index (χ3v) is 9.95. The van der Waals surface area contributed by atoms with Gasteiger partial charge in [0, 0.05) is 0 Å². The minimum Gasteiger partial charge on any atom is -0.0955 e. The van der Waals surface area contributed by atoms with Gasteiger partial charge in [-0.3, -0.25) is 0 Å². The van der Waals surface area contributed by atoms with Gasteiger partial charge in [-0.15, -0.1) is 0 Å². The lowest BCUT2D eigenvalue weighted by molar-refractivity contribution is 0.0656. The van der Waals surface area contributed by atoms with E-state index in [1.807, 2.05) is 5.57 Å². The van der Waals surface area contributed by atoms with Crippen molar-refractivity contribution in [2.45, 2.75) is 85.5 Å². The molecule has 0 heterocycles. The SMILES string of the molecule is C=C1C=C2C3(CCC(C)C2(C)C2C1C2(C)C)CCC1(CCCC1)C3. The molecule has 0 aromatic carbocycles. The highest BCUT2D eigenvalue weighted by Gasteiger charge is 2.72. The highest BCUT2D eigenvalue weighted by Crippen LogP contribution is 2.79. The van der Waals surface area contributed by atoms with Crippen LogP contribution in [0.25, 0.3) is 0 Å². The van der Waals surface area contributed by atoms with Crippen LogP contribution in [0.15, 0.2) is 23.8 Å². The third kappa shape index (κ3) is 1.67. The molecule has 5 atom stereocenters. The predicted molar refractivity (Wildman–Crippen MR) is 102 cm³/mol. The summed E-state index contributed by atoms with van der Waals surface area (Å²) in [5.74, 6) is 2.45. The summed E-state index contributed by atoms with van der Waals surface area (Å²) in [6.45, 7) is 14.8. The monoisotopic (exact) mass is 324 g/mol. The van der Waals surface area contributed by atoms with Gasteiger partial charge in [-0.05, 0) is 84.4 Å².